The molecular formula is C48H53Cl2N7O9S5. The van der Waals surface area contributed by atoms with Crippen LogP contribution in [0.1, 0.15) is 69.5 Å². The Labute approximate surface area is 432 Å². The quantitative estimate of drug-likeness (QED) is 0.0852. The molecule has 71 heavy (non-hydrogen) atoms. The summed E-state index contributed by atoms with van der Waals surface area (Å²) in [6, 6.07) is 28.0. The monoisotopic (exact) mass is 1100 g/mol. The summed E-state index contributed by atoms with van der Waals surface area (Å²) in [6.45, 7) is 4.08. The predicted molar refractivity (Wildman–Crippen MR) is 277 cm³/mol. The Hall–Kier alpha value is -4.81. The Morgan fingerprint density at radius 1 is 0.563 bits per heavy atom. The van der Waals surface area contributed by atoms with Crippen LogP contribution in [0.4, 0.5) is 0 Å². The van der Waals surface area contributed by atoms with Gasteiger partial charge in [-0.25, -0.2) is 25.3 Å². The highest BCUT2D eigenvalue weighted by molar-refractivity contribution is 7.91. The van der Waals surface area contributed by atoms with Gasteiger partial charge >= 0.3 is 0 Å². The van der Waals surface area contributed by atoms with Crippen molar-refractivity contribution in [1.82, 2.24) is 33.4 Å². The fourth-order valence-electron chi connectivity index (χ4n) is 7.79. The van der Waals surface area contributed by atoms with Gasteiger partial charge in [-0.05, 0) is 91.3 Å². The van der Waals surface area contributed by atoms with Gasteiger partial charge in [0.1, 0.15) is 13.3 Å². The molecule has 0 unspecified atom stereocenters. The average molecular weight is 1100 g/mol. The maximum Gasteiger partial charge on any atom is 0.252 e. The van der Waals surface area contributed by atoms with Crippen molar-refractivity contribution in [1.29, 1.82) is 0 Å². The third kappa shape index (κ3) is 13.6. The molecule has 2 aliphatic rings. The molecule has 8 rings (SSSR count). The van der Waals surface area contributed by atoms with E-state index in [2.05, 4.69) is 22.5 Å². The summed E-state index contributed by atoms with van der Waals surface area (Å²) in [6.07, 6.45) is 6.28. The highest BCUT2D eigenvalue weighted by Crippen LogP contribution is 2.30. The van der Waals surface area contributed by atoms with E-state index in [0.717, 1.165) is 53.2 Å². The Morgan fingerprint density at radius 2 is 1.03 bits per heavy atom. The molecule has 3 aromatic heterocycles. The smallest absolute Gasteiger partial charge is 0.252 e. The molecule has 2 saturated heterocycles. The summed E-state index contributed by atoms with van der Waals surface area (Å²) in [7, 11) is -11.3. The first-order chi connectivity index (χ1) is 34.0. The van der Waals surface area contributed by atoms with Crippen LogP contribution < -0.4 is 10.6 Å². The van der Waals surface area contributed by atoms with E-state index in [1.54, 1.807) is 102 Å². The van der Waals surface area contributed by atoms with E-state index in [-0.39, 0.29) is 70.3 Å². The summed E-state index contributed by atoms with van der Waals surface area (Å²) in [5.41, 5.74) is 1.33. The molecule has 0 radical (unpaired) electrons. The minimum absolute atomic E-state index is 0.0279. The largest absolute Gasteiger partial charge is 0.347 e. The summed E-state index contributed by atoms with van der Waals surface area (Å²) in [4.78, 5) is 44.5. The Morgan fingerprint density at radius 3 is 1.52 bits per heavy atom. The first-order valence-electron chi connectivity index (χ1n) is 22.8. The van der Waals surface area contributed by atoms with Crippen LogP contribution in [0.5, 0.6) is 0 Å². The van der Waals surface area contributed by atoms with Gasteiger partial charge < -0.3 is 15.5 Å². The second-order valence-electron chi connectivity index (χ2n) is 16.6. The molecule has 3 amide bonds. The molecule has 5 heterocycles. The van der Waals surface area contributed by atoms with Gasteiger partial charge in [0, 0.05) is 101 Å². The van der Waals surface area contributed by atoms with Crippen molar-refractivity contribution >= 4 is 105 Å². The predicted octanol–water partition coefficient (Wildman–Crippen LogP) is 7.71. The normalized spacial score (nSPS) is 15.2. The number of nitrogens with one attached hydrogen (secondary N) is 2. The Kier molecular flexibility index (Phi) is 18.5. The number of benzene rings is 3. The maximum absolute atomic E-state index is 13.4. The Bertz CT molecular complexity index is 3150. The van der Waals surface area contributed by atoms with Crippen LogP contribution in [0.15, 0.2) is 123 Å². The van der Waals surface area contributed by atoms with Crippen LogP contribution in [-0.2, 0) is 48.0 Å². The van der Waals surface area contributed by atoms with Gasteiger partial charge in [-0.15, -0.1) is 22.7 Å². The molecule has 2 N–H and O–H groups in total. The molecule has 0 aliphatic carbocycles. The average Bonchev–Trinajstić information content (AvgIpc) is 4.08. The van der Waals surface area contributed by atoms with Crippen molar-refractivity contribution < 1.29 is 39.6 Å². The highest BCUT2D eigenvalue weighted by atomic mass is 35.5. The van der Waals surface area contributed by atoms with Crippen molar-refractivity contribution in [2.75, 3.05) is 52.4 Å². The number of piperazine rings is 2. The summed E-state index contributed by atoms with van der Waals surface area (Å²) in [5.74, 6) is -0.434. The molecule has 6 aromatic rings. The topological polar surface area (TPSA) is 204 Å². The third-order valence-electron chi connectivity index (χ3n) is 11.8. The lowest BCUT2D eigenvalue weighted by atomic mass is 10.1. The number of aromatic nitrogens is 1. The van der Waals surface area contributed by atoms with Crippen molar-refractivity contribution in [3.8, 4) is 0 Å². The lowest BCUT2D eigenvalue weighted by molar-refractivity contribution is -0.132. The van der Waals surface area contributed by atoms with Gasteiger partial charge in [0.05, 0.1) is 18.6 Å². The molecule has 0 atom stereocenters. The molecule has 3 aromatic carbocycles. The number of hydrogen-bond acceptors (Lipinski definition) is 12. The number of sulfonamides is 3. The van der Waals surface area contributed by atoms with E-state index in [9.17, 15) is 39.6 Å². The molecule has 16 nitrogen and oxygen atoms in total. The fourth-order valence-corrected chi connectivity index (χ4v) is 15.4. The summed E-state index contributed by atoms with van der Waals surface area (Å²) < 4.78 is 83.7. The van der Waals surface area contributed by atoms with Crippen molar-refractivity contribution in [3.05, 3.63) is 140 Å². The summed E-state index contributed by atoms with van der Waals surface area (Å²) >= 11 is 13.9. The number of amides is 3. The number of carbonyl (C=O) groups excluding carboxylic acids is 3. The van der Waals surface area contributed by atoms with Crippen molar-refractivity contribution in [2.45, 2.75) is 65.4 Å². The highest BCUT2D eigenvalue weighted by Gasteiger charge is 2.36. The van der Waals surface area contributed by atoms with E-state index < -0.39 is 30.1 Å². The second-order valence-corrected chi connectivity index (χ2v) is 26.0. The van der Waals surface area contributed by atoms with E-state index in [0.29, 0.717) is 69.6 Å². The lowest BCUT2D eigenvalue weighted by Gasteiger charge is -2.33. The standard InChI is InChI=1S/C25H23ClN4O5S3.C23H30ClN3O4S2/c26-20-8-6-19(7-9-20)25(31)28-17-21-10-11-23(36-21)38(34,35)30-15-13-29(14-16-30)37(32,33)22-5-1-3-18-4-2-12-27-24(18)22;1-2-3-4-5-6-21(28)26-13-15-27(16-14-26)33(30,31)22-12-11-20(32-22)17-25-23(29)18-7-9-19(24)10-8-18/h1-12H,13-17H2,(H,28,31);7-12H,2-6,13-17H2,1H3,(H,25,29). The van der Waals surface area contributed by atoms with Crippen molar-refractivity contribution in [3.63, 3.8) is 0 Å². The van der Waals surface area contributed by atoms with Gasteiger partial charge in [0.2, 0.25) is 15.9 Å². The van der Waals surface area contributed by atoms with Crippen LogP contribution in [0.2, 0.25) is 10.0 Å². The van der Waals surface area contributed by atoms with Crippen LogP contribution in [0, 0.1) is 0 Å². The number of nitrogens with zero attached hydrogens (tertiary/aromatic N) is 5. The molecule has 2 fully saturated rings. The number of unbranched alkanes of at least 4 members (excludes halogenated alkanes) is 3. The first kappa shape index (κ1) is 54.0. The molecule has 0 spiro atoms. The molecule has 0 saturated carbocycles. The number of rotatable bonds is 17. The zero-order chi connectivity index (χ0) is 50.8. The maximum atomic E-state index is 13.4. The van der Waals surface area contributed by atoms with Crippen LogP contribution in [0.25, 0.3) is 10.9 Å². The minimum atomic E-state index is -3.85. The SMILES string of the molecule is CCCCCCC(=O)N1CCN(S(=O)(=O)c2ccc(CNC(=O)c3ccc(Cl)cc3)s2)CC1.O=C(NCc1ccc(S(=O)(=O)N2CCN(S(=O)(=O)c3cccc4cccnc34)CC2)s1)c1ccc(Cl)cc1. The van der Waals surface area contributed by atoms with Crippen molar-refractivity contribution in [2.24, 2.45) is 0 Å². The Balaban J connectivity index is 0.000000211. The van der Waals surface area contributed by atoms with Gasteiger partial charge in [0.25, 0.3) is 31.9 Å². The zero-order valence-electron chi connectivity index (χ0n) is 38.7. The second kappa shape index (κ2) is 24.3. The van der Waals surface area contributed by atoms with E-state index in [1.807, 2.05) is 0 Å². The molecule has 2 aliphatic heterocycles. The first-order valence-corrected chi connectivity index (χ1v) is 29.5. The van der Waals surface area contributed by atoms with Gasteiger partial charge in [-0.2, -0.15) is 12.9 Å². The van der Waals surface area contributed by atoms with E-state index in [1.165, 1.54) is 25.0 Å². The van der Waals surface area contributed by atoms with Crippen LogP contribution in [0.3, 0.4) is 0 Å². The van der Waals surface area contributed by atoms with E-state index >= 15 is 0 Å². The number of carbonyl (C=O) groups is 3. The molecule has 378 valence electrons. The number of fused-ring (bicyclic) bond motifs is 1. The lowest BCUT2D eigenvalue weighted by Crippen LogP contribution is -2.50. The zero-order valence-corrected chi connectivity index (χ0v) is 44.3. The van der Waals surface area contributed by atoms with Crippen LogP contribution >= 0.6 is 45.9 Å². The van der Waals surface area contributed by atoms with Gasteiger partial charge in [-0.3, -0.25) is 19.4 Å². The minimum Gasteiger partial charge on any atom is -0.347 e. The number of hydrogen-bond donors (Lipinski definition) is 2. The number of thiophene rings is 2. The fraction of sp³-hybridized carbons (Fsp3) is 0.333. The van der Waals surface area contributed by atoms with Gasteiger partial charge in [-0.1, -0.05) is 67.6 Å². The third-order valence-corrected chi connectivity index (χ3v) is 21.1. The van der Waals surface area contributed by atoms with Gasteiger partial charge in [0.15, 0.2) is 0 Å². The van der Waals surface area contributed by atoms with E-state index in [4.69, 9.17) is 23.2 Å². The number of pyridine rings is 1. The van der Waals surface area contributed by atoms with Crippen LogP contribution in [-0.4, -0.2) is 118 Å². The number of halogens is 2. The molecule has 23 heteroatoms. The summed E-state index contributed by atoms with van der Waals surface area (Å²) in [5, 5.41) is 7.36. The molecular weight excluding hydrogens is 1050 g/mol. The molecule has 0 bridgehead atoms. The number of para-hydroxylation sites is 1.